The van der Waals surface area contributed by atoms with Crippen LogP contribution in [0.3, 0.4) is 0 Å². The van der Waals surface area contributed by atoms with Crippen LogP contribution in [0, 0.1) is 11.3 Å². The molecular weight excluding hydrogens is 324 g/mol. The minimum Gasteiger partial charge on any atom is -0.309 e. The average Bonchev–Trinajstić information content (AvgIpc) is 2.41. The highest BCUT2D eigenvalue weighted by Crippen LogP contribution is 2.21. The van der Waals surface area contributed by atoms with Crippen LogP contribution in [0.2, 0.25) is 5.02 Å². The van der Waals surface area contributed by atoms with Crippen molar-refractivity contribution in [2.45, 2.75) is 13.1 Å². The minimum absolute atomic E-state index is 0.681. The molecule has 0 aliphatic heterocycles. The summed E-state index contributed by atoms with van der Waals surface area (Å²) < 4.78 is 0.975. The number of nitriles is 1. The molecular formula is C15H12BrClN2. The summed E-state index contributed by atoms with van der Waals surface area (Å²) in [5.41, 5.74) is 2.83. The molecule has 0 aliphatic rings. The molecule has 96 valence electrons. The van der Waals surface area contributed by atoms with Crippen LogP contribution in [0.1, 0.15) is 16.7 Å². The zero-order chi connectivity index (χ0) is 13.7. The highest BCUT2D eigenvalue weighted by molar-refractivity contribution is 9.10. The summed E-state index contributed by atoms with van der Waals surface area (Å²) in [6.45, 7) is 1.41. The lowest BCUT2D eigenvalue weighted by Crippen LogP contribution is -2.13. The zero-order valence-corrected chi connectivity index (χ0v) is 12.5. The van der Waals surface area contributed by atoms with Gasteiger partial charge in [0.25, 0.3) is 0 Å². The third kappa shape index (κ3) is 4.07. The van der Waals surface area contributed by atoms with Crippen LogP contribution < -0.4 is 5.32 Å². The van der Waals surface area contributed by atoms with Crippen LogP contribution >= 0.6 is 27.5 Å². The fourth-order valence-corrected chi connectivity index (χ4v) is 2.50. The van der Waals surface area contributed by atoms with E-state index in [1.54, 1.807) is 6.07 Å². The first-order valence-corrected chi connectivity index (χ1v) is 7.00. The van der Waals surface area contributed by atoms with E-state index in [9.17, 15) is 0 Å². The molecule has 0 saturated heterocycles. The Labute approximate surface area is 126 Å². The molecule has 0 radical (unpaired) electrons. The Kier molecular flexibility index (Phi) is 4.98. The van der Waals surface area contributed by atoms with E-state index in [2.05, 4.69) is 27.3 Å². The van der Waals surface area contributed by atoms with E-state index in [1.165, 1.54) is 0 Å². The van der Waals surface area contributed by atoms with Crippen LogP contribution in [0.15, 0.2) is 46.9 Å². The number of rotatable bonds is 4. The van der Waals surface area contributed by atoms with Gasteiger partial charge in [0.15, 0.2) is 0 Å². The molecule has 4 heteroatoms. The van der Waals surface area contributed by atoms with Gasteiger partial charge in [-0.3, -0.25) is 0 Å². The maximum absolute atomic E-state index is 8.84. The predicted octanol–water partition coefficient (Wildman–Crippen LogP) is 4.26. The van der Waals surface area contributed by atoms with Crippen LogP contribution in [-0.4, -0.2) is 0 Å². The number of hydrogen-bond acceptors (Lipinski definition) is 2. The van der Waals surface area contributed by atoms with E-state index in [-0.39, 0.29) is 0 Å². The number of halogens is 2. The lowest BCUT2D eigenvalue weighted by atomic mass is 10.1. The van der Waals surface area contributed by atoms with E-state index < -0.39 is 0 Å². The summed E-state index contributed by atoms with van der Waals surface area (Å²) in [5.74, 6) is 0. The lowest BCUT2D eigenvalue weighted by molar-refractivity contribution is 0.693. The molecule has 0 saturated carbocycles. The molecule has 0 heterocycles. The lowest BCUT2D eigenvalue weighted by Gasteiger charge is -2.07. The van der Waals surface area contributed by atoms with Crippen LogP contribution in [-0.2, 0) is 13.1 Å². The van der Waals surface area contributed by atoms with Crippen LogP contribution in [0.4, 0.5) is 0 Å². The van der Waals surface area contributed by atoms with Gasteiger partial charge < -0.3 is 5.32 Å². The van der Waals surface area contributed by atoms with Crippen LogP contribution in [0.5, 0.6) is 0 Å². The van der Waals surface area contributed by atoms with E-state index in [4.69, 9.17) is 16.9 Å². The number of benzene rings is 2. The van der Waals surface area contributed by atoms with E-state index in [0.29, 0.717) is 18.7 Å². The van der Waals surface area contributed by atoms with Gasteiger partial charge in [0.2, 0.25) is 0 Å². The second-order valence-electron chi connectivity index (χ2n) is 4.15. The summed E-state index contributed by atoms with van der Waals surface area (Å²) in [6, 6.07) is 15.6. The molecule has 0 atom stereocenters. The molecule has 0 bridgehead atoms. The molecule has 0 spiro atoms. The minimum atomic E-state index is 0.681. The summed E-state index contributed by atoms with van der Waals surface area (Å²) in [4.78, 5) is 0. The van der Waals surface area contributed by atoms with Crippen molar-refractivity contribution in [2.75, 3.05) is 0 Å². The van der Waals surface area contributed by atoms with Crippen molar-refractivity contribution < 1.29 is 0 Å². The summed E-state index contributed by atoms with van der Waals surface area (Å²) >= 11 is 9.53. The Bertz CT molecular complexity index is 620. The zero-order valence-electron chi connectivity index (χ0n) is 10.2. The van der Waals surface area contributed by atoms with Gasteiger partial charge in [-0.05, 0) is 35.4 Å². The van der Waals surface area contributed by atoms with Crippen LogP contribution in [0.25, 0.3) is 0 Å². The third-order valence-electron chi connectivity index (χ3n) is 2.72. The molecule has 2 rings (SSSR count). The molecule has 0 aliphatic carbocycles. The monoisotopic (exact) mass is 334 g/mol. The molecule has 0 fully saturated rings. The first-order valence-electron chi connectivity index (χ1n) is 5.83. The Morgan fingerprint density at radius 3 is 2.74 bits per heavy atom. The van der Waals surface area contributed by atoms with Crippen molar-refractivity contribution in [3.05, 3.63) is 68.7 Å². The summed E-state index contributed by atoms with van der Waals surface area (Å²) in [5, 5.41) is 12.9. The molecule has 0 amide bonds. The quantitative estimate of drug-likeness (QED) is 0.906. The fraction of sp³-hybridized carbons (Fsp3) is 0.133. The molecule has 1 N–H and O–H groups in total. The SMILES string of the molecule is N#Cc1cccc(CNCc2ccc(Br)cc2Cl)c1. The van der Waals surface area contributed by atoms with E-state index in [1.807, 2.05) is 36.4 Å². The normalized spacial score (nSPS) is 10.2. The first-order chi connectivity index (χ1) is 9.19. The molecule has 19 heavy (non-hydrogen) atoms. The highest BCUT2D eigenvalue weighted by atomic mass is 79.9. The van der Waals surface area contributed by atoms with Gasteiger partial charge >= 0.3 is 0 Å². The fourth-order valence-electron chi connectivity index (χ4n) is 1.76. The Balaban J connectivity index is 1.94. The van der Waals surface area contributed by atoms with Gasteiger partial charge in [-0.1, -0.05) is 45.7 Å². The summed E-state index contributed by atoms with van der Waals surface area (Å²) in [7, 11) is 0. The second-order valence-corrected chi connectivity index (χ2v) is 5.47. The number of hydrogen-bond donors (Lipinski definition) is 1. The maximum atomic E-state index is 8.84. The largest absolute Gasteiger partial charge is 0.309 e. The number of nitrogens with one attached hydrogen (secondary N) is 1. The predicted molar refractivity (Wildman–Crippen MR) is 80.9 cm³/mol. The molecule has 2 aromatic carbocycles. The van der Waals surface area contributed by atoms with Gasteiger partial charge in [-0.25, -0.2) is 0 Å². The molecule has 0 aromatic heterocycles. The standard InChI is InChI=1S/C15H12BrClN2/c16-14-5-4-13(15(17)7-14)10-19-9-12-3-1-2-11(6-12)8-18/h1-7,19H,9-10H2. The van der Waals surface area contributed by atoms with Gasteiger partial charge in [-0.2, -0.15) is 5.26 Å². The Hall–Kier alpha value is -1.34. The van der Waals surface area contributed by atoms with Crippen molar-refractivity contribution >= 4 is 27.5 Å². The van der Waals surface area contributed by atoms with E-state index in [0.717, 1.165) is 20.6 Å². The van der Waals surface area contributed by atoms with Gasteiger partial charge in [-0.15, -0.1) is 0 Å². The molecule has 0 unspecified atom stereocenters. The van der Waals surface area contributed by atoms with Crippen molar-refractivity contribution in [2.24, 2.45) is 0 Å². The smallest absolute Gasteiger partial charge is 0.0991 e. The maximum Gasteiger partial charge on any atom is 0.0991 e. The van der Waals surface area contributed by atoms with Crippen molar-refractivity contribution in [1.82, 2.24) is 5.32 Å². The highest BCUT2D eigenvalue weighted by Gasteiger charge is 2.01. The molecule has 2 nitrogen and oxygen atoms in total. The molecule has 2 aromatic rings. The second kappa shape index (κ2) is 6.72. The topological polar surface area (TPSA) is 35.8 Å². The van der Waals surface area contributed by atoms with Crippen molar-refractivity contribution in [3.63, 3.8) is 0 Å². The van der Waals surface area contributed by atoms with Crippen molar-refractivity contribution in [1.29, 1.82) is 5.26 Å². The Morgan fingerprint density at radius 2 is 2.00 bits per heavy atom. The first kappa shape index (κ1) is 14.1. The Morgan fingerprint density at radius 1 is 1.16 bits per heavy atom. The average molecular weight is 336 g/mol. The number of nitrogens with zero attached hydrogens (tertiary/aromatic N) is 1. The van der Waals surface area contributed by atoms with Crippen molar-refractivity contribution in [3.8, 4) is 6.07 Å². The van der Waals surface area contributed by atoms with E-state index >= 15 is 0 Å². The third-order valence-corrected chi connectivity index (χ3v) is 3.56. The van der Waals surface area contributed by atoms with Gasteiger partial charge in [0, 0.05) is 22.6 Å². The summed E-state index contributed by atoms with van der Waals surface area (Å²) in [6.07, 6.45) is 0. The van der Waals surface area contributed by atoms with Gasteiger partial charge in [0.05, 0.1) is 11.6 Å². The van der Waals surface area contributed by atoms with Gasteiger partial charge in [0.1, 0.15) is 0 Å².